The highest BCUT2D eigenvalue weighted by Crippen LogP contribution is 2.36. The van der Waals surface area contributed by atoms with Crippen molar-refractivity contribution in [1.29, 1.82) is 0 Å². The molecule has 2 amide bonds. The maximum atomic E-state index is 11.7. The van der Waals surface area contributed by atoms with Gasteiger partial charge in [-0.25, -0.2) is 4.98 Å². The van der Waals surface area contributed by atoms with Crippen LogP contribution in [0.5, 0.6) is 0 Å². The molecule has 0 radical (unpaired) electrons. The van der Waals surface area contributed by atoms with Gasteiger partial charge in [-0.15, -0.1) is 11.3 Å². The number of imide groups is 1. The van der Waals surface area contributed by atoms with Crippen molar-refractivity contribution in [3.8, 4) is 0 Å². The first-order valence-corrected chi connectivity index (χ1v) is 7.23. The number of aryl methyl sites for hydroxylation is 1. The summed E-state index contributed by atoms with van der Waals surface area (Å²) in [5, 5.41) is 3.07. The molecule has 102 valence electrons. The summed E-state index contributed by atoms with van der Waals surface area (Å²) in [6.45, 7) is 1.95. The summed E-state index contributed by atoms with van der Waals surface area (Å²) >= 11 is 1.56. The molecule has 6 nitrogen and oxygen atoms in total. The summed E-state index contributed by atoms with van der Waals surface area (Å²) in [7, 11) is 0. The van der Waals surface area contributed by atoms with Crippen LogP contribution in [0, 0.1) is 0 Å². The van der Waals surface area contributed by atoms with E-state index in [0.29, 0.717) is 0 Å². The van der Waals surface area contributed by atoms with E-state index in [9.17, 15) is 9.59 Å². The van der Waals surface area contributed by atoms with Crippen molar-refractivity contribution in [2.24, 2.45) is 5.73 Å². The van der Waals surface area contributed by atoms with E-state index in [0.717, 1.165) is 30.1 Å². The largest absolute Gasteiger partial charge is 0.327 e. The highest BCUT2D eigenvalue weighted by atomic mass is 32.1. The van der Waals surface area contributed by atoms with Crippen LogP contribution < -0.4 is 16.0 Å². The fourth-order valence-electron chi connectivity index (χ4n) is 2.51. The van der Waals surface area contributed by atoms with Crippen molar-refractivity contribution < 1.29 is 9.59 Å². The Morgan fingerprint density at radius 1 is 1.47 bits per heavy atom. The van der Waals surface area contributed by atoms with E-state index in [-0.39, 0.29) is 30.4 Å². The SMILES string of the molecule is CC1C(=O)NC(=O)CN1c1nc2c(s1)CCCC2N. The zero-order chi connectivity index (χ0) is 13.6. The molecule has 1 fully saturated rings. The van der Waals surface area contributed by atoms with Gasteiger partial charge in [-0.3, -0.25) is 14.9 Å². The third-order valence-electron chi connectivity index (χ3n) is 3.66. The van der Waals surface area contributed by atoms with E-state index in [1.165, 1.54) is 4.88 Å². The summed E-state index contributed by atoms with van der Waals surface area (Å²) < 4.78 is 0. The Kier molecular flexibility index (Phi) is 3.02. The van der Waals surface area contributed by atoms with Crippen LogP contribution >= 0.6 is 11.3 Å². The number of carbonyl (C=O) groups excluding carboxylic acids is 2. The number of fused-ring (bicyclic) bond motifs is 1. The highest BCUT2D eigenvalue weighted by molar-refractivity contribution is 7.15. The van der Waals surface area contributed by atoms with Gasteiger partial charge in [0.1, 0.15) is 12.6 Å². The van der Waals surface area contributed by atoms with Gasteiger partial charge < -0.3 is 10.6 Å². The van der Waals surface area contributed by atoms with Crippen LogP contribution in [0.2, 0.25) is 0 Å². The van der Waals surface area contributed by atoms with Crippen molar-refractivity contribution in [2.45, 2.75) is 38.3 Å². The minimum Gasteiger partial charge on any atom is -0.327 e. The number of anilines is 1. The number of hydrogen-bond donors (Lipinski definition) is 2. The van der Waals surface area contributed by atoms with Gasteiger partial charge in [0.2, 0.25) is 11.8 Å². The van der Waals surface area contributed by atoms with Crippen LogP contribution in [0.25, 0.3) is 0 Å². The van der Waals surface area contributed by atoms with Crippen LogP contribution in [0.3, 0.4) is 0 Å². The lowest BCUT2D eigenvalue weighted by Crippen LogP contribution is -2.57. The number of nitrogens with one attached hydrogen (secondary N) is 1. The Bertz CT molecular complexity index is 542. The molecule has 19 heavy (non-hydrogen) atoms. The van der Waals surface area contributed by atoms with Gasteiger partial charge in [0, 0.05) is 10.9 Å². The lowest BCUT2D eigenvalue weighted by molar-refractivity contribution is -0.132. The number of aromatic nitrogens is 1. The van der Waals surface area contributed by atoms with Crippen molar-refractivity contribution >= 4 is 28.3 Å². The molecule has 1 aromatic heterocycles. The van der Waals surface area contributed by atoms with E-state index in [4.69, 9.17) is 5.73 Å². The quantitative estimate of drug-likeness (QED) is 0.724. The summed E-state index contributed by atoms with van der Waals surface area (Å²) in [6, 6.07) is -0.389. The number of rotatable bonds is 1. The molecule has 7 heteroatoms. The van der Waals surface area contributed by atoms with Gasteiger partial charge in [0.15, 0.2) is 5.13 Å². The minimum absolute atomic E-state index is 0.0154. The molecule has 0 saturated carbocycles. The molecule has 0 spiro atoms. The second kappa shape index (κ2) is 4.57. The van der Waals surface area contributed by atoms with E-state index in [2.05, 4.69) is 10.3 Å². The zero-order valence-electron chi connectivity index (χ0n) is 10.7. The Hall–Kier alpha value is -1.47. The third kappa shape index (κ3) is 2.12. The number of piperazine rings is 1. The average Bonchev–Trinajstić information content (AvgIpc) is 2.79. The van der Waals surface area contributed by atoms with Gasteiger partial charge in [0.25, 0.3) is 0 Å². The standard InChI is InChI=1S/C12H16N4O2S/c1-6-11(18)14-9(17)5-16(6)12-15-10-7(13)3-2-4-8(10)19-12/h6-7H,2-5,13H2,1H3,(H,14,17,18). The Morgan fingerprint density at radius 3 is 3.00 bits per heavy atom. The molecule has 0 aromatic carbocycles. The van der Waals surface area contributed by atoms with Gasteiger partial charge in [-0.05, 0) is 26.2 Å². The maximum absolute atomic E-state index is 11.7. The molecule has 1 aromatic rings. The summed E-state index contributed by atoms with van der Waals surface area (Å²) in [6.07, 6.45) is 3.01. The summed E-state index contributed by atoms with van der Waals surface area (Å²) in [5.74, 6) is -0.547. The topological polar surface area (TPSA) is 88.3 Å². The number of carbonyl (C=O) groups is 2. The van der Waals surface area contributed by atoms with E-state index in [1.54, 1.807) is 23.2 Å². The van der Waals surface area contributed by atoms with Crippen LogP contribution in [0.1, 0.15) is 36.4 Å². The number of nitrogens with two attached hydrogens (primary N) is 1. The normalized spacial score (nSPS) is 27.2. The molecular formula is C12H16N4O2S. The molecule has 0 bridgehead atoms. The molecule has 2 unspecified atom stereocenters. The second-order valence-electron chi connectivity index (χ2n) is 5.02. The minimum atomic E-state index is -0.374. The van der Waals surface area contributed by atoms with Gasteiger partial charge in [-0.2, -0.15) is 0 Å². The summed E-state index contributed by atoms with van der Waals surface area (Å²) in [5.41, 5.74) is 7.00. The van der Waals surface area contributed by atoms with Crippen LogP contribution in [0.15, 0.2) is 0 Å². The fraction of sp³-hybridized carbons (Fsp3) is 0.583. The van der Waals surface area contributed by atoms with E-state index < -0.39 is 0 Å². The third-order valence-corrected chi connectivity index (χ3v) is 4.82. The highest BCUT2D eigenvalue weighted by Gasteiger charge is 2.33. The number of nitrogens with zero attached hydrogens (tertiary/aromatic N) is 2. The lowest BCUT2D eigenvalue weighted by Gasteiger charge is -2.31. The Balaban J connectivity index is 1.93. The monoisotopic (exact) mass is 280 g/mol. The van der Waals surface area contributed by atoms with Crippen LogP contribution in [-0.4, -0.2) is 29.4 Å². The maximum Gasteiger partial charge on any atom is 0.249 e. The van der Waals surface area contributed by atoms with Crippen LogP contribution in [-0.2, 0) is 16.0 Å². The van der Waals surface area contributed by atoms with Gasteiger partial charge >= 0.3 is 0 Å². The van der Waals surface area contributed by atoms with Crippen molar-refractivity contribution in [2.75, 3.05) is 11.4 Å². The van der Waals surface area contributed by atoms with Crippen molar-refractivity contribution in [3.05, 3.63) is 10.6 Å². The molecule has 2 atom stereocenters. The molecule has 3 rings (SSSR count). The number of hydrogen-bond acceptors (Lipinski definition) is 6. The fourth-order valence-corrected chi connectivity index (χ4v) is 3.76. The molecule has 2 aliphatic rings. The van der Waals surface area contributed by atoms with Crippen LogP contribution in [0.4, 0.5) is 5.13 Å². The first kappa shape index (κ1) is 12.6. The molecule has 1 aliphatic carbocycles. The molecule has 1 saturated heterocycles. The second-order valence-corrected chi connectivity index (χ2v) is 6.08. The smallest absolute Gasteiger partial charge is 0.249 e. The van der Waals surface area contributed by atoms with E-state index in [1.807, 2.05) is 0 Å². The molecule has 1 aliphatic heterocycles. The number of thiazole rings is 1. The summed E-state index contributed by atoms with van der Waals surface area (Å²) in [4.78, 5) is 30.7. The predicted molar refractivity (Wildman–Crippen MR) is 71.9 cm³/mol. The Morgan fingerprint density at radius 2 is 2.26 bits per heavy atom. The van der Waals surface area contributed by atoms with Gasteiger partial charge in [0.05, 0.1) is 5.69 Å². The van der Waals surface area contributed by atoms with Crippen molar-refractivity contribution in [1.82, 2.24) is 10.3 Å². The van der Waals surface area contributed by atoms with Gasteiger partial charge in [-0.1, -0.05) is 0 Å². The molecule has 3 N–H and O–H groups in total. The Labute approximate surface area is 115 Å². The first-order chi connectivity index (χ1) is 9.06. The molecular weight excluding hydrogens is 264 g/mol. The first-order valence-electron chi connectivity index (χ1n) is 6.42. The zero-order valence-corrected chi connectivity index (χ0v) is 11.5. The number of amides is 2. The van der Waals surface area contributed by atoms with Crippen molar-refractivity contribution in [3.63, 3.8) is 0 Å². The van der Waals surface area contributed by atoms with E-state index >= 15 is 0 Å². The predicted octanol–water partition coefficient (Wildman–Crippen LogP) is 0.330. The molecule has 2 heterocycles. The average molecular weight is 280 g/mol. The lowest BCUT2D eigenvalue weighted by atomic mass is 9.99.